The van der Waals surface area contributed by atoms with Gasteiger partial charge in [-0.05, 0) is 53.1 Å². The first-order chi connectivity index (χ1) is 20.5. The summed E-state index contributed by atoms with van der Waals surface area (Å²) in [5.74, 6) is -1.22. The molecule has 1 spiro atoms. The summed E-state index contributed by atoms with van der Waals surface area (Å²) in [7, 11) is 3.02. The Labute approximate surface area is 242 Å². The van der Waals surface area contributed by atoms with E-state index in [4.69, 9.17) is 9.47 Å². The van der Waals surface area contributed by atoms with Crippen LogP contribution < -0.4 is 14.8 Å². The highest BCUT2D eigenvalue weighted by molar-refractivity contribution is 6.17. The van der Waals surface area contributed by atoms with Crippen LogP contribution in [-0.4, -0.2) is 47.6 Å². The van der Waals surface area contributed by atoms with Crippen LogP contribution in [-0.2, 0) is 10.2 Å². The predicted molar refractivity (Wildman–Crippen MR) is 157 cm³/mol. The van der Waals surface area contributed by atoms with Crippen molar-refractivity contribution >= 4 is 29.2 Å². The van der Waals surface area contributed by atoms with Crippen molar-refractivity contribution in [3.05, 3.63) is 125 Å². The molecule has 208 valence electrons. The maximum absolute atomic E-state index is 14.8. The maximum atomic E-state index is 14.8. The van der Waals surface area contributed by atoms with Gasteiger partial charge in [-0.1, -0.05) is 42.5 Å². The van der Waals surface area contributed by atoms with Crippen molar-refractivity contribution in [1.82, 2.24) is 9.88 Å². The molecule has 4 atom stereocenters. The molecule has 3 aliphatic heterocycles. The van der Waals surface area contributed by atoms with Gasteiger partial charge in [-0.3, -0.25) is 19.4 Å². The van der Waals surface area contributed by atoms with Crippen LogP contribution in [0, 0.1) is 5.92 Å². The van der Waals surface area contributed by atoms with Crippen LogP contribution in [0.4, 0.5) is 5.69 Å². The molecule has 3 aromatic carbocycles. The lowest BCUT2D eigenvalue weighted by atomic mass is 9.62. The molecule has 1 fully saturated rings. The van der Waals surface area contributed by atoms with E-state index in [1.54, 1.807) is 36.5 Å². The average molecular weight is 558 g/mol. The van der Waals surface area contributed by atoms with Crippen molar-refractivity contribution in [3.63, 3.8) is 0 Å². The third kappa shape index (κ3) is 3.48. The molecule has 8 nitrogen and oxygen atoms in total. The summed E-state index contributed by atoms with van der Waals surface area (Å²) in [6.07, 6.45) is 6.86. The first-order valence-corrected chi connectivity index (χ1v) is 13.7. The molecule has 42 heavy (non-hydrogen) atoms. The van der Waals surface area contributed by atoms with E-state index in [0.717, 1.165) is 11.1 Å². The van der Waals surface area contributed by atoms with Crippen LogP contribution in [0.5, 0.6) is 11.5 Å². The summed E-state index contributed by atoms with van der Waals surface area (Å²) < 4.78 is 11.0. The number of methoxy groups -OCH3 is 2. The molecule has 0 unspecified atom stereocenters. The fourth-order valence-corrected chi connectivity index (χ4v) is 7.02. The van der Waals surface area contributed by atoms with Crippen LogP contribution in [0.3, 0.4) is 0 Å². The summed E-state index contributed by atoms with van der Waals surface area (Å²) in [6, 6.07) is 21.9. The number of anilines is 1. The first-order valence-electron chi connectivity index (χ1n) is 13.7. The topological polar surface area (TPSA) is 97.8 Å². The number of hydrogen-bond donors (Lipinski definition) is 1. The number of para-hydroxylation sites is 1. The minimum Gasteiger partial charge on any atom is -0.497 e. The quantitative estimate of drug-likeness (QED) is 0.330. The van der Waals surface area contributed by atoms with E-state index in [0.29, 0.717) is 33.9 Å². The third-order valence-corrected chi connectivity index (χ3v) is 8.74. The van der Waals surface area contributed by atoms with Crippen molar-refractivity contribution in [3.8, 4) is 11.5 Å². The van der Waals surface area contributed by atoms with E-state index in [2.05, 4.69) is 10.3 Å². The van der Waals surface area contributed by atoms with Crippen LogP contribution in [0.15, 0.2) is 97.5 Å². The van der Waals surface area contributed by atoms with Crippen LogP contribution >= 0.6 is 0 Å². The van der Waals surface area contributed by atoms with Gasteiger partial charge in [-0.25, -0.2) is 0 Å². The van der Waals surface area contributed by atoms with E-state index in [9.17, 15) is 14.4 Å². The molecular weight excluding hydrogens is 530 g/mol. The fraction of sp³-hybridized carbons (Fsp3) is 0.176. The number of rotatable bonds is 6. The third-order valence-electron chi connectivity index (χ3n) is 8.74. The molecule has 0 aliphatic carbocycles. The Morgan fingerprint density at radius 2 is 1.74 bits per heavy atom. The van der Waals surface area contributed by atoms with Gasteiger partial charge in [0.1, 0.15) is 23.0 Å². The van der Waals surface area contributed by atoms with E-state index in [-0.39, 0.29) is 17.5 Å². The van der Waals surface area contributed by atoms with Gasteiger partial charge in [0.25, 0.3) is 0 Å². The standard InChI is InChI=1S/C34H27N3O5/c1-41-22-13-14-24(27(18-22)42-2)31(39)29-28(30(38)21-9-7-16-35-19-21)34(25-11-5-6-12-26(25)36-33(34)40)32-23-10-4-3-8-20(23)15-17-37(29)32/h3-19,28-29,32H,1-2H3,(H,36,40)/t28-,29+,32+,34-/m0/s1. The molecule has 0 bridgehead atoms. The van der Waals surface area contributed by atoms with Gasteiger partial charge >= 0.3 is 0 Å². The van der Waals surface area contributed by atoms with Gasteiger partial charge in [-0.15, -0.1) is 0 Å². The van der Waals surface area contributed by atoms with E-state index in [1.807, 2.05) is 65.7 Å². The molecule has 0 radical (unpaired) electrons. The normalized spacial score (nSPS) is 23.1. The number of amides is 1. The molecule has 1 aromatic heterocycles. The van der Waals surface area contributed by atoms with Crippen molar-refractivity contribution in [2.75, 3.05) is 19.5 Å². The number of ketones is 2. The SMILES string of the molecule is COc1ccc(C(=O)[C@H]2[C@@H](C(=O)c3cccnc3)[C@]3(C(=O)Nc4ccccc43)[C@H]3c4ccccc4C=CN23)c(OC)c1. The maximum Gasteiger partial charge on any atom is 0.238 e. The lowest BCUT2D eigenvalue weighted by molar-refractivity contribution is -0.122. The van der Waals surface area contributed by atoms with Gasteiger partial charge in [0.15, 0.2) is 11.6 Å². The molecule has 7 rings (SSSR count). The highest BCUT2D eigenvalue weighted by atomic mass is 16.5. The van der Waals surface area contributed by atoms with Crippen molar-refractivity contribution in [1.29, 1.82) is 0 Å². The lowest BCUT2D eigenvalue weighted by Crippen LogP contribution is -2.49. The highest BCUT2D eigenvalue weighted by Crippen LogP contribution is 2.62. The molecule has 1 saturated heterocycles. The number of Topliss-reactive ketones (excluding diaryl/α,β-unsaturated/α-hetero) is 2. The summed E-state index contributed by atoms with van der Waals surface area (Å²) in [5, 5.41) is 3.06. The van der Waals surface area contributed by atoms with Gasteiger partial charge in [0.2, 0.25) is 5.91 Å². The van der Waals surface area contributed by atoms with Gasteiger partial charge < -0.3 is 19.7 Å². The molecule has 4 aromatic rings. The molecule has 3 aliphatic rings. The number of benzene rings is 3. The van der Waals surface area contributed by atoms with Crippen molar-refractivity contribution in [2.24, 2.45) is 5.92 Å². The van der Waals surface area contributed by atoms with E-state index >= 15 is 0 Å². The monoisotopic (exact) mass is 557 g/mol. The Hall–Kier alpha value is -5.24. The highest BCUT2D eigenvalue weighted by Gasteiger charge is 2.70. The molecule has 8 heteroatoms. The fourth-order valence-electron chi connectivity index (χ4n) is 7.02. The average Bonchev–Trinajstić information content (AvgIpc) is 3.52. The molecule has 0 saturated carbocycles. The Bertz CT molecular complexity index is 1790. The van der Waals surface area contributed by atoms with Crippen LogP contribution in [0.2, 0.25) is 0 Å². The van der Waals surface area contributed by atoms with Crippen LogP contribution in [0.1, 0.15) is 43.4 Å². The Morgan fingerprint density at radius 1 is 0.929 bits per heavy atom. The summed E-state index contributed by atoms with van der Waals surface area (Å²) >= 11 is 0. The van der Waals surface area contributed by atoms with Gasteiger partial charge in [-0.2, -0.15) is 0 Å². The number of pyridine rings is 1. The van der Waals surface area contributed by atoms with Crippen molar-refractivity contribution < 1.29 is 23.9 Å². The van der Waals surface area contributed by atoms with E-state index in [1.165, 1.54) is 20.4 Å². The van der Waals surface area contributed by atoms with E-state index < -0.39 is 23.4 Å². The Kier molecular flexibility index (Phi) is 5.93. The second kappa shape index (κ2) is 9.69. The second-order valence-electron chi connectivity index (χ2n) is 10.6. The zero-order chi connectivity index (χ0) is 29.0. The van der Waals surface area contributed by atoms with Gasteiger partial charge in [0.05, 0.1) is 31.7 Å². The lowest BCUT2D eigenvalue weighted by Gasteiger charge is -2.38. The molecule has 1 N–H and O–H groups in total. The van der Waals surface area contributed by atoms with Crippen molar-refractivity contribution in [2.45, 2.75) is 17.5 Å². The number of aromatic nitrogens is 1. The summed E-state index contributed by atoms with van der Waals surface area (Å²) in [6.45, 7) is 0. The zero-order valence-corrected chi connectivity index (χ0v) is 23.0. The smallest absolute Gasteiger partial charge is 0.238 e. The number of nitrogens with zero attached hydrogens (tertiary/aromatic N) is 2. The summed E-state index contributed by atoms with van der Waals surface area (Å²) in [5.41, 5.74) is 2.33. The summed E-state index contributed by atoms with van der Waals surface area (Å²) in [4.78, 5) is 50.1. The second-order valence-corrected chi connectivity index (χ2v) is 10.6. The van der Waals surface area contributed by atoms with Gasteiger partial charge in [0, 0.05) is 35.9 Å². The number of nitrogens with one attached hydrogen (secondary N) is 1. The number of carbonyl (C=O) groups excluding carboxylic acids is 3. The Balaban J connectivity index is 1.53. The van der Waals surface area contributed by atoms with Crippen LogP contribution in [0.25, 0.3) is 6.08 Å². The molecule has 4 heterocycles. The predicted octanol–water partition coefficient (Wildman–Crippen LogP) is 5.08. The Morgan fingerprint density at radius 3 is 2.52 bits per heavy atom. The zero-order valence-electron chi connectivity index (χ0n) is 23.0. The first kappa shape index (κ1) is 25.7. The number of fused-ring (bicyclic) bond motifs is 6. The number of ether oxygens (including phenoxy) is 2. The number of carbonyl (C=O) groups is 3. The number of hydrogen-bond acceptors (Lipinski definition) is 7. The minimum absolute atomic E-state index is 0.294. The molecule has 1 amide bonds. The molecular formula is C34H27N3O5. The largest absolute Gasteiger partial charge is 0.497 e. The minimum atomic E-state index is -1.41.